The van der Waals surface area contributed by atoms with E-state index in [-0.39, 0.29) is 11.8 Å². The number of hydrogen-bond acceptors (Lipinski definition) is 4. The highest BCUT2D eigenvalue weighted by Crippen LogP contribution is 2.22. The maximum absolute atomic E-state index is 12.4. The average Bonchev–Trinajstić information content (AvgIpc) is 3.08. The molecule has 0 aromatic carbocycles. The lowest BCUT2D eigenvalue weighted by molar-refractivity contribution is -0.120. The molecule has 21 heavy (non-hydrogen) atoms. The van der Waals surface area contributed by atoms with Gasteiger partial charge in [0.2, 0.25) is 5.91 Å². The van der Waals surface area contributed by atoms with E-state index in [1.165, 1.54) is 0 Å². The van der Waals surface area contributed by atoms with E-state index in [0.29, 0.717) is 17.4 Å². The van der Waals surface area contributed by atoms with Crippen molar-refractivity contribution in [3.05, 3.63) is 36.5 Å². The van der Waals surface area contributed by atoms with Crippen LogP contribution in [0.3, 0.4) is 0 Å². The average molecular weight is 285 g/mol. The second kappa shape index (κ2) is 5.65. The molecule has 0 bridgehead atoms. The van der Waals surface area contributed by atoms with E-state index in [1.807, 2.05) is 29.8 Å². The molecule has 1 aliphatic heterocycles. The molecule has 110 valence electrons. The van der Waals surface area contributed by atoms with Crippen LogP contribution in [0.25, 0.3) is 5.82 Å². The fraction of sp³-hybridized carbons (Fsp3) is 0.400. The Hall–Kier alpha value is -2.21. The number of pyridine rings is 1. The number of hydrogen-bond donors (Lipinski definition) is 2. The molecule has 2 N–H and O–H groups in total. The van der Waals surface area contributed by atoms with Crippen molar-refractivity contribution in [1.29, 1.82) is 0 Å². The quantitative estimate of drug-likeness (QED) is 0.893. The van der Waals surface area contributed by atoms with Crippen molar-refractivity contribution in [3.63, 3.8) is 0 Å². The SMILES string of the molecule is Cc1nccn1-c1ncccc1NC(=O)[C@@H]1CNC[C@H]1C. The largest absolute Gasteiger partial charge is 0.323 e. The smallest absolute Gasteiger partial charge is 0.229 e. The molecule has 2 aromatic rings. The first kappa shape index (κ1) is 13.8. The molecule has 1 fully saturated rings. The Morgan fingerprint density at radius 3 is 2.90 bits per heavy atom. The van der Waals surface area contributed by atoms with Gasteiger partial charge >= 0.3 is 0 Å². The van der Waals surface area contributed by atoms with Crippen LogP contribution in [0.4, 0.5) is 5.69 Å². The summed E-state index contributed by atoms with van der Waals surface area (Å²) in [7, 11) is 0. The van der Waals surface area contributed by atoms with Crippen LogP contribution in [0.2, 0.25) is 0 Å². The fourth-order valence-corrected chi connectivity index (χ4v) is 2.67. The number of imidazole rings is 1. The summed E-state index contributed by atoms with van der Waals surface area (Å²) >= 11 is 0. The molecule has 3 rings (SSSR count). The highest BCUT2D eigenvalue weighted by molar-refractivity contribution is 5.94. The van der Waals surface area contributed by atoms with E-state index < -0.39 is 0 Å². The van der Waals surface area contributed by atoms with Crippen LogP contribution in [0.1, 0.15) is 12.7 Å². The molecular formula is C15H19N5O. The van der Waals surface area contributed by atoms with Gasteiger partial charge in [0.25, 0.3) is 0 Å². The molecule has 1 aliphatic rings. The summed E-state index contributed by atoms with van der Waals surface area (Å²) in [6, 6.07) is 3.69. The van der Waals surface area contributed by atoms with Crippen molar-refractivity contribution in [2.24, 2.45) is 11.8 Å². The molecule has 0 radical (unpaired) electrons. The molecule has 0 spiro atoms. The minimum Gasteiger partial charge on any atom is -0.323 e. The van der Waals surface area contributed by atoms with Gasteiger partial charge in [0.15, 0.2) is 5.82 Å². The third kappa shape index (κ3) is 2.67. The van der Waals surface area contributed by atoms with Gasteiger partial charge in [-0.2, -0.15) is 0 Å². The van der Waals surface area contributed by atoms with Gasteiger partial charge in [-0.05, 0) is 31.5 Å². The van der Waals surface area contributed by atoms with Crippen molar-refractivity contribution in [2.45, 2.75) is 13.8 Å². The summed E-state index contributed by atoms with van der Waals surface area (Å²) in [5.41, 5.74) is 0.711. The zero-order valence-corrected chi connectivity index (χ0v) is 12.2. The molecule has 1 saturated heterocycles. The molecule has 6 heteroatoms. The second-order valence-electron chi connectivity index (χ2n) is 5.45. The normalized spacial score (nSPS) is 21.4. The van der Waals surface area contributed by atoms with E-state index in [1.54, 1.807) is 12.4 Å². The Kier molecular flexibility index (Phi) is 3.70. The van der Waals surface area contributed by atoms with Crippen molar-refractivity contribution < 1.29 is 4.79 Å². The van der Waals surface area contributed by atoms with Crippen LogP contribution in [-0.2, 0) is 4.79 Å². The summed E-state index contributed by atoms with van der Waals surface area (Å²) < 4.78 is 1.87. The molecule has 3 heterocycles. The molecule has 0 unspecified atom stereocenters. The van der Waals surface area contributed by atoms with Gasteiger partial charge in [-0.25, -0.2) is 9.97 Å². The number of rotatable bonds is 3. The molecule has 1 amide bonds. The Morgan fingerprint density at radius 1 is 1.38 bits per heavy atom. The van der Waals surface area contributed by atoms with Crippen LogP contribution < -0.4 is 10.6 Å². The lowest BCUT2D eigenvalue weighted by Gasteiger charge is -2.16. The van der Waals surface area contributed by atoms with Crippen LogP contribution in [0, 0.1) is 18.8 Å². The Morgan fingerprint density at radius 2 is 2.24 bits per heavy atom. The maximum Gasteiger partial charge on any atom is 0.229 e. The van der Waals surface area contributed by atoms with Gasteiger partial charge in [-0.1, -0.05) is 6.92 Å². The van der Waals surface area contributed by atoms with E-state index >= 15 is 0 Å². The van der Waals surface area contributed by atoms with Crippen molar-refractivity contribution in [1.82, 2.24) is 19.9 Å². The van der Waals surface area contributed by atoms with E-state index in [0.717, 1.165) is 18.9 Å². The fourth-order valence-electron chi connectivity index (χ4n) is 2.67. The third-order valence-corrected chi connectivity index (χ3v) is 3.95. The van der Waals surface area contributed by atoms with Crippen molar-refractivity contribution in [2.75, 3.05) is 18.4 Å². The van der Waals surface area contributed by atoms with Gasteiger partial charge in [-0.15, -0.1) is 0 Å². The lowest BCUT2D eigenvalue weighted by atomic mass is 9.97. The zero-order valence-electron chi connectivity index (χ0n) is 12.2. The number of nitrogens with zero attached hydrogens (tertiary/aromatic N) is 3. The Bertz CT molecular complexity index is 651. The van der Waals surface area contributed by atoms with Gasteiger partial charge in [0, 0.05) is 25.1 Å². The minimum absolute atomic E-state index is 0.00180. The monoisotopic (exact) mass is 285 g/mol. The first-order valence-electron chi connectivity index (χ1n) is 7.13. The van der Waals surface area contributed by atoms with Gasteiger partial charge in [0.1, 0.15) is 5.82 Å². The highest BCUT2D eigenvalue weighted by Gasteiger charge is 2.30. The van der Waals surface area contributed by atoms with Crippen LogP contribution in [-0.4, -0.2) is 33.5 Å². The summed E-state index contributed by atoms with van der Waals surface area (Å²) in [5.74, 6) is 1.92. The molecule has 2 aromatic heterocycles. The number of carbonyl (C=O) groups excluding carboxylic acids is 1. The maximum atomic E-state index is 12.4. The topological polar surface area (TPSA) is 71.8 Å². The number of aryl methyl sites for hydroxylation is 1. The number of amides is 1. The minimum atomic E-state index is 0.00180. The van der Waals surface area contributed by atoms with Crippen molar-refractivity contribution >= 4 is 11.6 Å². The van der Waals surface area contributed by atoms with E-state index in [2.05, 4.69) is 27.5 Å². The third-order valence-electron chi connectivity index (χ3n) is 3.95. The summed E-state index contributed by atoms with van der Waals surface area (Å²) in [6.07, 6.45) is 5.27. The molecular weight excluding hydrogens is 266 g/mol. The predicted molar refractivity (Wildman–Crippen MR) is 80.2 cm³/mol. The van der Waals surface area contributed by atoms with E-state index in [4.69, 9.17) is 0 Å². The summed E-state index contributed by atoms with van der Waals surface area (Å²) in [4.78, 5) is 21.0. The zero-order chi connectivity index (χ0) is 14.8. The highest BCUT2D eigenvalue weighted by atomic mass is 16.2. The second-order valence-corrected chi connectivity index (χ2v) is 5.45. The van der Waals surface area contributed by atoms with Crippen molar-refractivity contribution in [3.8, 4) is 5.82 Å². The number of carbonyl (C=O) groups is 1. The van der Waals surface area contributed by atoms with E-state index in [9.17, 15) is 4.79 Å². The number of nitrogens with one attached hydrogen (secondary N) is 2. The van der Waals surface area contributed by atoms with Gasteiger partial charge < -0.3 is 10.6 Å². The number of anilines is 1. The van der Waals surface area contributed by atoms with Gasteiger partial charge in [-0.3, -0.25) is 9.36 Å². The van der Waals surface area contributed by atoms with Crippen LogP contribution in [0.5, 0.6) is 0 Å². The molecule has 2 atom stereocenters. The lowest BCUT2D eigenvalue weighted by Crippen LogP contribution is -2.28. The Labute approximate surface area is 123 Å². The molecule has 0 saturated carbocycles. The summed E-state index contributed by atoms with van der Waals surface area (Å²) in [5, 5.41) is 6.26. The molecule has 0 aliphatic carbocycles. The standard InChI is InChI=1S/C15H19N5O/c1-10-8-16-9-12(10)15(21)19-13-4-3-5-18-14(13)20-7-6-17-11(20)2/h3-7,10,12,16H,8-9H2,1-2H3,(H,19,21)/t10-,12-/m1/s1. The van der Waals surface area contributed by atoms with Crippen LogP contribution in [0.15, 0.2) is 30.7 Å². The molecule has 6 nitrogen and oxygen atoms in total. The predicted octanol–water partition coefficient (Wildman–Crippen LogP) is 1.37. The van der Waals surface area contributed by atoms with Gasteiger partial charge in [0.05, 0.1) is 11.6 Å². The first-order valence-corrected chi connectivity index (χ1v) is 7.13. The first-order chi connectivity index (χ1) is 10.2. The summed E-state index contributed by atoms with van der Waals surface area (Å²) in [6.45, 7) is 5.61. The number of aromatic nitrogens is 3. The Balaban J connectivity index is 1.86. The van der Waals surface area contributed by atoms with Crippen LogP contribution >= 0.6 is 0 Å².